The zero-order chi connectivity index (χ0) is 56.9. The fourth-order valence-electron chi connectivity index (χ4n) is 7.52. The molecule has 2 N–H and O–H groups in total. The third-order valence-corrected chi connectivity index (χ3v) is 13.0. The second-order valence-corrected chi connectivity index (χ2v) is 20.8. The molecule has 0 heterocycles. The summed E-state index contributed by atoms with van der Waals surface area (Å²) in [5, 5.41) is 9.83. The Bertz CT molecular complexity index is 1820. The lowest BCUT2D eigenvalue weighted by Crippen LogP contribution is -2.30. The molecule has 0 aromatic carbocycles. The molecule has 0 saturated carbocycles. The minimum atomic E-state index is -4.78. The fourth-order valence-corrected chi connectivity index (χ4v) is 8.30. The van der Waals surface area contributed by atoms with E-state index in [1.54, 1.807) is 0 Å². The summed E-state index contributed by atoms with van der Waals surface area (Å²) in [6, 6.07) is 0. The Balaban J connectivity index is 4.84. The van der Waals surface area contributed by atoms with E-state index in [1.807, 2.05) is 0 Å². The number of hydrogen-bond acceptors (Lipinski definition) is 10. The van der Waals surface area contributed by atoms with Crippen molar-refractivity contribution < 1.29 is 52.2 Å². The van der Waals surface area contributed by atoms with E-state index in [9.17, 15) is 28.9 Å². The molecule has 0 rings (SSSR count). The van der Waals surface area contributed by atoms with Gasteiger partial charge in [0.05, 0.1) is 19.8 Å². The van der Waals surface area contributed by atoms with E-state index in [4.69, 9.17) is 23.3 Å². The number of rotatable bonds is 54. The van der Waals surface area contributed by atoms with Crippen LogP contribution in [0.3, 0.4) is 0 Å². The highest BCUT2D eigenvalue weighted by molar-refractivity contribution is 7.47. The van der Waals surface area contributed by atoms with Crippen molar-refractivity contribution in [2.24, 2.45) is 0 Å². The van der Waals surface area contributed by atoms with Crippen molar-refractivity contribution >= 4 is 25.7 Å². The van der Waals surface area contributed by atoms with Crippen LogP contribution in [0.15, 0.2) is 134 Å². The maximum absolute atomic E-state index is 12.9. The van der Waals surface area contributed by atoms with Gasteiger partial charge in [0.25, 0.3) is 0 Å². The van der Waals surface area contributed by atoms with E-state index in [2.05, 4.69) is 154 Å². The van der Waals surface area contributed by atoms with Crippen LogP contribution in [0.2, 0.25) is 0 Å². The maximum Gasteiger partial charge on any atom is 0.472 e. The lowest BCUT2D eigenvalue weighted by atomic mass is 10.1. The smallest absolute Gasteiger partial charge is 0.462 e. The first-order chi connectivity index (χ1) is 38.2. The third-order valence-electron chi connectivity index (χ3n) is 12.0. The SMILES string of the molecule is CC/C=C\C/C=C\C/C=C\C/C=C\C/C=C\CCCCCC(=O)OC(COC(=O)CCCCCCC/C=C\C/C=C\CCCCC)COP(=O)(O)OCC(CO)OC(=O)CCCCCC/C=C\C/C=C\C/C=C\C/C=C\CC. The quantitative estimate of drug-likeness (QED) is 0.0197. The number of phosphoric acid groups is 1. The molecule has 0 radical (unpaired) electrons. The van der Waals surface area contributed by atoms with Gasteiger partial charge in [-0.3, -0.25) is 23.4 Å². The number of aliphatic hydroxyl groups excluding tert-OH is 1. The number of unbranched alkanes of at least 4 members (excludes halogenated alkanes) is 15. The van der Waals surface area contributed by atoms with Gasteiger partial charge in [-0.15, -0.1) is 0 Å². The molecule has 3 unspecified atom stereocenters. The molecule has 0 aliphatic rings. The number of allylic oxidation sites excluding steroid dienone is 22. The zero-order valence-corrected chi connectivity index (χ0v) is 49.7. The first-order valence-corrected chi connectivity index (χ1v) is 31.6. The van der Waals surface area contributed by atoms with Crippen LogP contribution >= 0.6 is 7.82 Å². The van der Waals surface area contributed by atoms with Crippen LogP contribution in [0.1, 0.15) is 226 Å². The Kier molecular flexibility index (Phi) is 55.5. The number of aliphatic hydroxyl groups is 1. The van der Waals surface area contributed by atoms with E-state index in [-0.39, 0.29) is 25.9 Å². The summed E-state index contributed by atoms with van der Waals surface area (Å²) in [6.07, 6.45) is 74.0. The number of hydrogen-bond donors (Lipinski definition) is 2. The molecular formula is C66H107O11P. The molecule has 11 nitrogen and oxygen atoms in total. The van der Waals surface area contributed by atoms with Crippen molar-refractivity contribution in [2.45, 2.75) is 238 Å². The topological polar surface area (TPSA) is 155 Å². The summed E-state index contributed by atoms with van der Waals surface area (Å²) in [7, 11) is -4.78. The average Bonchev–Trinajstić information content (AvgIpc) is 3.43. The molecule has 3 atom stereocenters. The number of carbonyl (C=O) groups excluding carboxylic acids is 3. The van der Waals surface area contributed by atoms with Gasteiger partial charge in [-0.1, -0.05) is 206 Å². The average molecular weight is 1110 g/mol. The van der Waals surface area contributed by atoms with Gasteiger partial charge in [0.15, 0.2) is 6.10 Å². The van der Waals surface area contributed by atoms with E-state index < -0.39 is 57.8 Å². The Labute approximate surface area is 474 Å². The van der Waals surface area contributed by atoms with Gasteiger partial charge < -0.3 is 24.2 Å². The molecule has 0 aliphatic heterocycles. The van der Waals surface area contributed by atoms with Crippen LogP contribution in [0.25, 0.3) is 0 Å². The molecule has 0 aliphatic carbocycles. The van der Waals surface area contributed by atoms with Gasteiger partial charge in [0.1, 0.15) is 12.7 Å². The second-order valence-electron chi connectivity index (χ2n) is 19.4. The lowest BCUT2D eigenvalue weighted by Gasteiger charge is -2.21. The first kappa shape index (κ1) is 73.6. The number of phosphoric ester groups is 1. The molecule has 0 amide bonds. The molecule has 78 heavy (non-hydrogen) atoms. The van der Waals surface area contributed by atoms with Crippen molar-refractivity contribution in [1.29, 1.82) is 0 Å². The molecule has 0 aromatic rings. The number of carbonyl (C=O) groups is 3. The van der Waals surface area contributed by atoms with E-state index in [0.29, 0.717) is 19.3 Å². The number of esters is 3. The Morgan fingerprint density at radius 3 is 1.04 bits per heavy atom. The molecule has 442 valence electrons. The minimum Gasteiger partial charge on any atom is -0.462 e. The van der Waals surface area contributed by atoms with Crippen molar-refractivity contribution in [2.75, 3.05) is 26.4 Å². The molecule has 0 aromatic heterocycles. The summed E-state index contributed by atoms with van der Waals surface area (Å²) in [6.45, 7) is 4.30. The predicted octanol–water partition coefficient (Wildman–Crippen LogP) is 18.1. The predicted molar refractivity (Wildman–Crippen MR) is 325 cm³/mol. The van der Waals surface area contributed by atoms with Crippen LogP contribution in [0.4, 0.5) is 0 Å². The van der Waals surface area contributed by atoms with Gasteiger partial charge in [0, 0.05) is 19.3 Å². The Morgan fingerprint density at radius 2 is 0.667 bits per heavy atom. The molecule has 0 saturated heterocycles. The standard InChI is InChI=1S/C66H107O11P/c1-4-7-10-13-16-19-22-25-28-30-31-33-36-39-42-45-48-51-54-57-66(70)77-63(59-73-64(68)55-52-49-46-43-40-37-34-27-24-21-18-15-12-9-6-3)61-75-78(71,72)74-60-62(58-67)76-65(69)56-53-50-47-44-41-38-35-32-29-26-23-20-17-14-11-8-5-2/h7-8,10-11,16-21,25-29,31,33-35,38-39,42,62-63,67H,4-6,9,12-15,22-24,30,32,36-37,40-41,43-61H2,1-3H3,(H,71,72)/b10-7-,11-8-,19-16-,20-17-,21-18-,28-25-,29-26-,33-31-,34-27-,38-35-,42-39-. The number of ether oxygens (including phenoxy) is 3. The highest BCUT2D eigenvalue weighted by Gasteiger charge is 2.28. The molecule has 0 bridgehead atoms. The van der Waals surface area contributed by atoms with Gasteiger partial charge in [-0.05, 0) is 135 Å². The second kappa shape index (κ2) is 58.8. The third kappa shape index (κ3) is 56.3. The molecular weight excluding hydrogens is 1000 g/mol. The summed E-state index contributed by atoms with van der Waals surface area (Å²) < 4.78 is 39.5. The monoisotopic (exact) mass is 1110 g/mol. The summed E-state index contributed by atoms with van der Waals surface area (Å²) in [4.78, 5) is 48.6. The molecule has 12 heteroatoms. The fraction of sp³-hybridized carbons (Fsp3) is 0.621. The van der Waals surface area contributed by atoms with Gasteiger partial charge in [-0.2, -0.15) is 0 Å². The van der Waals surface area contributed by atoms with Crippen LogP contribution in [0.5, 0.6) is 0 Å². The minimum absolute atomic E-state index is 0.116. The zero-order valence-electron chi connectivity index (χ0n) is 48.8. The van der Waals surface area contributed by atoms with Crippen molar-refractivity contribution in [3.63, 3.8) is 0 Å². The van der Waals surface area contributed by atoms with Crippen LogP contribution in [-0.4, -0.2) is 66.5 Å². The van der Waals surface area contributed by atoms with Crippen molar-refractivity contribution in [3.8, 4) is 0 Å². The van der Waals surface area contributed by atoms with Crippen LogP contribution in [-0.2, 0) is 42.2 Å². The van der Waals surface area contributed by atoms with Crippen LogP contribution in [0, 0.1) is 0 Å². The van der Waals surface area contributed by atoms with Crippen molar-refractivity contribution in [3.05, 3.63) is 134 Å². The highest BCUT2D eigenvalue weighted by Crippen LogP contribution is 2.43. The van der Waals surface area contributed by atoms with Gasteiger partial charge in [-0.25, -0.2) is 4.57 Å². The molecule has 0 fully saturated rings. The summed E-state index contributed by atoms with van der Waals surface area (Å²) in [5.74, 6) is -1.56. The lowest BCUT2D eigenvalue weighted by molar-refractivity contribution is -0.161. The largest absolute Gasteiger partial charge is 0.472 e. The highest BCUT2D eigenvalue weighted by atomic mass is 31.2. The van der Waals surface area contributed by atoms with Gasteiger partial charge in [0.2, 0.25) is 0 Å². The molecule has 0 spiro atoms. The van der Waals surface area contributed by atoms with E-state index in [0.717, 1.165) is 148 Å². The Hall–Kier alpha value is -4.38. The summed E-state index contributed by atoms with van der Waals surface area (Å²) in [5.41, 5.74) is 0. The van der Waals surface area contributed by atoms with E-state index in [1.165, 1.54) is 19.3 Å². The van der Waals surface area contributed by atoms with Gasteiger partial charge >= 0.3 is 25.7 Å². The normalized spacial score (nSPS) is 14.3. The Morgan fingerprint density at radius 1 is 0.372 bits per heavy atom. The maximum atomic E-state index is 12.9. The van der Waals surface area contributed by atoms with Crippen LogP contribution < -0.4 is 0 Å². The summed E-state index contributed by atoms with van der Waals surface area (Å²) >= 11 is 0. The van der Waals surface area contributed by atoms with Crippen molar-refractivity contribution in [1.82, 2.24) is 0 Å². The van der Waals surface area contributed by atoms with E-state index >= 15 is 0 Å². The first-order valence-electron chi connectivity index (χ1n) is 30.1.